The molecular weight excluding hydrogens is 725 g/mol. The molecule has 0 aliphatic heterocycles. The normalized spacial score (nSPS) is 13.2. The van der Waals surface area contributed by atoms with Crippen LogP contribution in [-0.2, 0) is 70.5 Å². The number of carboxylic acids is 1. The summed E-state index contributed by atoms with van der Waals surface area (Å²) in [7, 11) is 0. The molecule has 0 unspecified atom stereocenters. The number of hydrogen-bond donors (Lipinski definition) is 5. The van der Waals surface area contributed by atoms with E-state index in [9.17, 15) is 29.4 Å². The molecule has 2 aromatic rings. The second-order valence-electron chi connectivity index (χ2n) is 9.10. The van der Waals surface area contributed by atoms with Gasteiger partial charge >= 0.3 is 0 Å². The van der Waals surface area contributed by atoms with Crippen molar-refractivity contribution in [2.75, 3.05) is 12.3 Å². The minimum atomic E-state index is -1.48. The van der Waals surface area contributed by atoms with Gasteiger partial charge in [-0.15, -0.1) is 11.5 Å². The minimum Gasteiger partial charge on any atom is -2.00 e. The number of carbonyl (C=O) groups excluding carboxylic acids is 4. The van der Waals surface area contributed by atoms with Gasteiger partial charge in [0.25, 0.3) is 0 Å². The summed E-state index contributed by atoms with van der Waals surface area (Å²) >= 11 is 5.04. The van der Waals surface area contributed by atoms with Crippen LogP contribution in [0.5, 0.6) is 5.75 Å². The van der Waals surface area contributed by atoms with Crippen LogP contribution >= 0.6 is 0 Å². The van der Waals surface area contributed by atoms with Crippen LogP contribution in [0.4, 0.5) is 0 Å². The van der Waals surface area contributed by atoms with Crippen LogP contribution in [0.15, 0.2) is 54.6 Å². The van der Waals surface area contributed by atoms with E-state index in [0.29, 0.717) is 30.5 Å². The summed E-state index contributed by atoms with van der Waals surface area (Å²) in [5.41, 5.74) is 12.9. The van der Waals surface area contributed by atoms with Crippen molar-refractivity contribution in [1.29, 1.82) is 0 Å². The number of aliphatic carboxylic acids is 1. The van der Waals surface area contributed by atoms with Gasteiger partial charge in [0.1, 0.15) is 6.04 Å². The topological polar surface area (TPSA) is 231 Å². The first-order valence-electron chi connectivity index (χ1n) is 12.6. The summed E-state index contributed by atoms with van der Waals surface area (Å²) in [6, 6.07) is 9.99. The van der Waals surface area contributed by atoms with Crippen LogP contribution in [0.3, 0.4) is 0 Å². The SMILES string of the molecule is NCCCC[C@@H](NC(=O)[C@@H](N)Cc1ccc([O-])cc1)C(=O)N[C@@H](C[S-])C(=O)N[C@@H](Cc1ccccc1)C(=O)[O-].[O-2].[Re]. The molecule has 0 saturated carbocycles. The predicted molar refractivity (Wildman–Crippen MR) is 144 cm³/mol. The van der Waals surface area contributed by atoms with Crippen molar-refractivity contribution in [1.82, 2.24) is 16.0 Å². The van der Waals surface area contributed by atoms with Gasteiger partial charge in [-0.2, -0.15) is 0 Å². The molecule has 41 heavy (non-hydrogen) atoms. The van der Waals surface area contributed by atoms with E-state index in [1.165, 1.54) is 12.1 Å². The molecule has 0 fully saturated rings. The van der Waals surface area contributed by atoms with Gasteiger partial charge in [-0.05, 0) is 49.8 Å². The van der Waals surface area contributed by atoms with Gasteiger partial charge in [0, 0.05) is 20.4 Å². The number of amides is 3. The molecule has 1 radical (unpaired) electrons. The molecule has 0 aliphatic carbocycles. The van der Waals surface area contributed by atoms with Gasteiger partial charge in [-0.25, -0.2) is 0 Å². The number of benzene rings is 2. The largest absolute Gasteiger partial charge is 2.00 e. The van der Waals surface area contributed by atoms with Crippen LogP contribution < -0.4 is 37.6 Å². The Kier molecular flexibility index (Phi) is 18.5. The van der Waals surface area contributed by atoms with E-state index < -0.39 is 47.9 Å². The van der Waals surface area contributed by atoms with Gasteiger partial charge in [0.05, 0.1) is 24.1 Å². The molecule has 7 N–H and O–H groups in total. The molecule has 0 saturated heterocycles. The van der Waals surface area contributed by atoms with E-state index in [1.54, 1.807) is 42.5 Å². The third-order valence-electron chi connectivity index (χ3n) is 5.98. The molecule has 12 nitrogen and oxygen atoms in total. The summed E-state index contributed by atoms with van der Waals surface area (Å²) < 4.78 is 0. The maximum absolute atomic E-state index is 13.1. The van der Waals surface area contributed by atoms with Gasteiger partial charge < -0.3 is 60.5 Å². The standard InChI is InChI=1S/C27H37N5O6S.O.Re/c28-13-5-4-8-21(30-24(34)20(29)14-18-9-11-19(33)12-10-18)25(35)32-23(16-39)26(36)31-22(27(37)38)15-17-6-2-1-3-7-17;;/h1-3,6-7,9-12,20-23,33,39H,4-5,8,13-16,28-29H2,(H,30,34)(H,31,36)(H,32,35)(H,37,38);;/q;-2;/p-3/t20-,21+,22-,23-;;/m0../s1. The third-order valence-corrected chi connectivity index (χ3v) is 6.31. The molecular formula is C27H34N5O7ReS-5. The number of hydrogen-bond acceptors (Lipinski definition) is 9. The van der Waals surface area contributed by atoms with Crippen LogP contribution in [0, 0.1) is 0 Å². The molecule has 227 valence electrons. The van der Waals surface area contributed by atoms with Gasteiger partial charge in [-0.3, -0.25) is 14.4 Å². The van der Waals surface area contributed by atoms with Crippen molar-refractivity contribution in [3.8, 4) is 5.75 Å². The van der Waals surface area contributed by atoms with Crippen LogP contribution in [0.2, 0.25) is 0 Å². The molecule has 0 bridgehead atoms. The van der Waals surface area contributed by atoms with Gasteiger partial charge in [-0.1, -0.05) is 54.6 Å². The van der Waals surface area contributed by atoms with Crippen LogP contribution in [-0.4, -0.2) is 60.2 Å². The Bertz CT molecular complexity index is 1100. The average Bonchev–Trinajstić information content (AvgIpc) is 2.92. The fourth-order valence-electron chi connectivity index (χ4n) is 3.78. The molecule has 0 heterocycles. The van der Waals surface area contributed by atoms with E-state index in [4.69, 9.17) is 24.1 Å². The van der Waals surface area contributed by atoms with E-state index in [0.717, 1.165) is 0 Å². The number of rotatable bonds is 16. The van der Waals surface area contributed by atoms with Gasteiger partial charge in [0.2, 0.25) is 17.7 Å². The van der Waals surface area contributed by atoms with Crippen molar-refractivity contribution in [2.45, 2.75) is 56.3 Å². The molecule has 0 aliphatic rings. The smallest absolute Gasteiger partial charge is 0.243 e. The second kappa shape index (κ2) is 20.0. The maximum atomic E-state index is 13.1. The molecule has 2 aromatic carbocycles. The fraction of sp³-hybridized carbons (Fsp3) is 0.407. The van der Waals surface area contributed by atoms with Crippen LogP contribution in [0.25, 0.3) is 0 Å². The first-order valence-corrected chi connectivity index (χ1v) is 13.2. The molecule has 2 rings (SSSR count). The molecule has 0 spiro atoms. The zero-order valence-electron chi connectivity index (χ0n) is 22.3. The van der Waals surface area contributed by atoms with E-state index in [2.05, 4.69) is 16.0 Å². The second-order valence-corrected chi connectivity index (χ2v) is 9.43. The number of nitrogens with one attached hydrogen (secondary N) is 3. The van der Waals surface area contributed by atoms with Crippen molar-refractivity contribution >= 4 is 36.3 Å². The number of carbonyl (C=O) groups is 4. The number of carboxylic acid groups (broad SMARTS) is 1. The molecule has 0 aromatic heterocycles. The Labute approximate surface area is 258 Å². The van der Waals surface area contributed by atoms with E-state index in [-0.39, 0.29) is 56.7 Å². The Morgan fingerprint density at radius 3 is 1.88 bits per heavy atom. The summed E-state index contributed by atoms with van der Waals surface area (Å²) in [6.45, 7) is 0.390. The van der Waals surface area contributed by atoms with Crippen molar-refractivity contribution in [3.63, 3.8) is 0 Å². The van der Waals surface area contributed by atoms with Crippen molar-refractivity contribution in [2.24, 2.45) is 11.5 Å². The van der Waals surface area contributed by atoms with Crippen molar-refractivity contribution in [3.05, 3.63) is 65.7 Å². The molecule has 4 atom stereocenters. The first-order chi connectivity index (χ1) is 18.6. The Morgan fingerprint density at radius 1 is 0.780 bits per heavy atom. The van der Waals surface area contributed by atoms with E-state index >= 15 is 0 Å². The molecule has 14 heteroatoms. The maximum Gasteiger partial charge on any atom is 0.243 e. The summed E-state index contributed by atoms with van der Waals surface area (Å²) in [5.74, 6) is -3.92. The van der Waals surface area contributed by atoms with E-state index in [1.807, 2.05) is 0 Å². The third kappa shape index (κ3) is 13.5. The zero-order valence-corrected chi connectivity index (χ0v) is 25.8. The van der Waals surface area contributed by atoms with Gasteiger partial charge in [0.15, 0.2) is 0 Å². The number of nitrogens with two attached hydrogens (primary N) is 2. The minimum absolute atomic E-state index is 0. The fourth-order valence-corrected chi connectivity index (χ4v) is 4.02. The van der Waals surface area contributed by atoms with Crippen LogP contribution in [0.1, 0.15) is 30.4 Å². The summed E-state index contributed by atoms with van der Waals surface area (Å²) in [6.07, 6.45) is 1.48. The number of unbranched alkanes of at least 4 members (excludes halogenated alkanes) is 1. The quantitative estimate of drug-likeness (QED) is 0.0909. The predicted octanol–water partition coefficient (Wildman–Crippen LogP) is -2.37. The summed E-state index contributed by atoms with van der Waals surface area (Å²) in [4.78, 5) is 50.3. The Balaban J connectivity index is 0.00000800. The zero-order chi connectivity index (χ0) is 28.8. The monoisotopic (exact) mass is 759 g/mol. The summed E-state index contributed by atoms with van der Waals surface area (Å²) in [5, 5.41) is 30.4. The Morgan fingerprint density at radius 2 is 1.32 bits per heavy atom. The Hall–Kier alpha value is -2.99. The average molecular weight is 759 g/mol. The first kappa shape index (κ1) is 38.0. The molecule has 3 amide bonds. The van der Waals surface area contributed by atoms with Crippen molar-refractivity contribution < 1.29 is 55.3 Å².